The predicted molar refractivity (Wildman–Crippen MR) is 85.0 cm³/mol. The Labute approximate surface area is 134 Å². The van der Waals surface area contributed by atoms with Gasteiger partial charge in [0.05, 0.1) is 11.6 Å². The highest BCUT2D eigenvalue weighted by Gasteiger charge is 2.18. The van der Waals surface area contributed by atoms with Gasteiger partial charge >= 0.3 is 0 Å². The Kier molecular flexibility index (Phi) is 4.54. The van der Waals surface area contributed by atoms with Gasteiger partial charge in [-0.25, -0.2) is 8.78 Å². The lowest BCUT2D eigenvalue weighted by atomic mass is 10.1. The molecule has 1 aliphatic rings. The van der Waals surface area contributed by atoms with Crippen molar-refractivity contribution >= 4 is 5.69 Å². The van der Waals surface area contributed by atoms with E-state index in [-0.39, 0.29) is 11.6 Å². The van der Waals surface area contributed by atoms with Crippen LogP contribution in [0.5, 0.6) is 0 Å². The molecule has 0 spiro atoms. The summed E-state index contributed by atoms with van der Waals surface area (Å²) in [4.78, 5) is 4.38. The van der Waals surface area contributed by atoms with E-state index in [1.165, 1.54) is 18.2 Å². The summed E-state index contributed by atoms with van der Waals surface area (Å²) in [5.41, 5.74) is 1.96. The molecule has 2 aromatic rings. The lowest BCUT2D eigenvalue weighted by Crippen LogP contribution is -2.46. The van der Waals surface area contributed by atoms with Gasteiger partial charge < -0.3 is 4.90 Å². The molecule has 1 heterocycles. The second-order valence-corrected chi connectivity index (χ2v) is 5.66. The summed E-state index contributed by atoms with van der Waals surface area (Å²) in [5.74, 6) is -0.561. The molecule has 0 aliphatic carbocycles. The van der Waals surface area contributed by atoms with Crippen molar-refractivity contribution in [2.24, 2.45) is 0 Å². The summed E-state index contributed by atoms with van der Waals surface area (Å²) in [5, 5.41) is 8.77. The summed E-state index contributed by atoms with van der Waals surface area (Å²) in [6.07, 6.45) is 0. The van der Waals surface area contributed by atoms with Crippen LogP contribution in [0, 0.1) is 23.0 Å². The molecule has 118 valence electrons. The highest BCUT2D eigenvalue weighted by molar-refractivity contribution is 5.46. The van der Waals surface area contributed by atoms with Crippen molar-refractivity contribution < 1.29 is 8.78 Å². The van der Waals surface area contributed by atoms with Crippen molar-refractivity contribution in [1.82, 2.24) is 4.90 Å². The number of halogens is 2. The molecule has 0 bridgehead atoms. The fraction of sp³-hybridized carbons (Fsp3) is 0.278. The van der Waals surface area contributed by atoms with E-state index in [0.29, 0.717) is 17.7 Å². The molecule has 1 saturated heterocycles. The van der Waals surface area contributed by atoms with E-state index in [1.807, 2.05) is 6.07 Å². The largest absolute Gasteiger partial charge is 0.369 e. The number of hydrogen-bond donors (Lipinski definition) is 0. The molecule has 3 nitrogen and oxygen atoms in total. The van der Waals surface area contributed by atoms with Crippen LogP contribution in [0.25, 0.3) is 0 Å². The maximum Gasteiger partial charge on any atom is 0.129 e. The third-order valence-corrected chi connectivity index (χ3v) is 4.14. The van der Waals surface area contributed by atoms with E-state index in [1.54, 1.807) is 24.3 Å². The lowest BCUT2D eigenvalue weighted by molar-refractivity contribution is 0.246. The number of benzene rings is 2. The minimum absolute atomic E-state index is 0.233. The smallest absolute Gasteiger partial charge is 0.129 e. The van der Waals surface area contributed by atoms with Crippen molar-refractivity contribution in [1.29, 1.82) is 5.26 Å². The van der Waals surface area contributed by atoms with Crippen LogP contribution < -0.4 is 4.90 Å². The summed E-state index contributed by atoms with van der Waals surface area (Å²) >= 11 is 0. The molecule has 0 aromatic heterocycles. The monoisotopic (exact) mass is 313 g/mol. The summed E-state index contributed by atoms with van der Waals surface area (Å²) in [7, 11) is 0. The average Bonchev–Trinajstić information content (AvgIpc) is 2.58. The standard InChI is InChI=1S/C18H17F2N3/c19-16-3-5-17(6-4-16)23-9-7-22(8-10-23)13-15-2-1-14(12-21)11-18(15)20/h1-6,11H,7-10,13H2. The third-order valence-electron chi connectivity index (χ3n) is 4.14. The Bertz CT molecular complexity index is 714. The first kappa shape index (κ1) is 15.4. The Morgan fingerprint density at radius 3 is 2.26 bits per heavy atom. The van der Waals surface area contributed by atoms with E-state index in [9.17, 15) is 8.78 Å². The van der Waals surface area contributed by atoms with Gasteiger partial charge in [0.25, 0.3) is 0 Å². The van der Waals surface area contributed by atoms with Crippen molar-refractivity contribution in [2.75, 3.05) is 31.1 Å². The highest BCUT2D eigenvalue weighted by atomic mass is 19.1. The Morgan fingerprint density at radius 1 is 0.957 bits per heavy atom. The molecule has 0 unspecified atom stereocenters. The molecule has 5 heteroatoms. The van der Waals surface area contributed by atoms with Gasteiger partial charge in [-0.1, -0.05) is 6.07 Å². The number of piperazine rings is 1. The summed E-state index contributed by atoms with van der Waals surface area (Å²) in [6.45, 7) is 3.81. The summed E-state index contributed by atoms with van der Waals surface area (Å²) in [6, 6.07) is 13.0. The zero-order valence-corrected chi connectivity index (χ0v) is 12.7. The molecule has 0 saturated carbocycles. The highest BCUT2D eigenvalue weighted by Crippen LogP contribution is 2.19. The van der Waals surface area contributed by atoms with Crippen LogP contribution in [0.4, 0.5) is 14.5 Å². The second-order valence-electron chi connectivity index (χ2n) is 5.66. The predicted octanol–water partition coefficient (Wildman–Crippen LogP) is 3.16. The topological polar surface area (TPSA) is 30.3 Å². The average molecular weight is 313 g/mol. The van der Waals surface area contributed by atoms with E-state index >= 15 is 0 Å². The first-order valence-electron chi connectivity index (χ1n) is 7.57. The van der Waals surface area contributed by atoms with E-state index in [0.717, 1.165) is 31.9 Å². The molecule has 23 heavy (non-hydrogen) atoms. The van der Waals surface area contributed by atoms with Crippen LogP contribution in [-0.2, 0) is 6.54 Å². The Morgan fingerprint density at radius 2 is 1.65 bits per heavy atom. The molecule has 0 N–H and O–H groups in total. The quantitative estimate of drug-likeness (QED) is 0.872. The number of anilines is 1. The van der Waals surface area contributed by atoms with Crippen LogP contribution in [0.1, 0.15) is 11.1 Å². The Hall–Kier alpha value is -2.45. The van der Waals surface area contributed by atoms with E-state index < -0.39 is 0 Å². The van der Waals surface area contributed by atoms with Crippen molar-refractivity contribution in [2.45, 2.75) is 6.54 Å². The maximum atomic E-state index is 13.9. The van der Waals surface area contributed by atoms with Gasteiger partial charge in [0.15, 0.2) is 0 Å². The van der Waals surface area contributed by atoms with Crippen molar-refractivity contribution in [3.05, 3.63) is 65.2 Å². The number of rotatable bonds is 3. The normalized spacial score (nSPS) is 15.4. The van der Waals surface area contributed by atoms with Gasteiger partial charge in [-0.15, -0.1) is 0 Å². The number of nitrogens with zero attached hydrogens (tertiary/aromatic N) is 3. The van der Waals surface area contributed by atoms with Crippen LogP contribution >= 0.6 is 0 Å². The van der Waals surface area contributed by atoms with E-state index in [4.69, 9.17) is 5.26 Å². The molecule has 2 aromatic carbocycles. The first-order valence-corrected chi connectivity index (χ1v) is 7.57. The van der Waals surface area contributed by atoms with Gasteiger partial charge in [0.2, 0.25) is 0 Å². The maximum absolute atomic E-state index is 13.9. The zero-order valence-electron chi connectivity index (χ0n) is 12.7. The van der Waals surface area contributed by atoms with Gasteiger partial charge in [0, 0.05) is 44.0 Å². The van der Waals surface area contributed by atoms with Gasteiger partial charge in [0.1, 0.15) is 11.6 Å². The number of nitriles is 1. The first-order chi connectivity index (χ1) is 11.2. The van der Waals surface area contributed by atoms with Gasteiger partial charge in [-0.3, -0.25) is 4.90 Å². The Balaban J connectivity index is 1.59. The second kappa shape index (κ2) is 6.76. The van der Waals surface area contributed by atoms with Crippen LogP contribution in [0.15, 0.2) is 42.5 Å². The molecule has 0 amide bonds. The molecular weight excluding hydrogens is 296 g/mol. The minimum atomic E-state index is -0.329. The van der Waals surface area contributed by atoms with Crippen LogP contribution in [0.2, 0.25) is 0 Å². The van der Waals surface area contributed by atoms with E-state index in [2.05, 4.69) is 9.80 Å². The fourth-order valence-electron chi connectivity index (χ4n) is 2.80. The zero-order chi connectivity index (χ0) is 16.2. The molecule has 3 rings (SSSR count). The molecule has 1 aliphatic heterocycles. The minimum Gasteiger partial charge on any atom is -0.369 e. The van der Waals surface area contributed by atoms with Gasteiger partial charge in [-0.05, 0) is 36.4 Å². The third kappa shape index (κ3) is 3.66. The molecule has 0 radical (unpaired) electrons. The number of hydrogen-bond acceptors (Lipinski definition) is 3. The SMILES string of the molecule is N#Cc1ccc(CN2CCN(c3ccc(F)cc3)CC2)c(F)c1. The van der Waals surface area contributed by atoms with Crippen LogP contribution in [0.3, 0.4) is 0 Å². The van der Waals surface area contributed by atoms with Crippen molar-refractivity contribution in [3.63, 3.8) is 0 Å². The van der Waals surface area contributed by atoms with Gasteiger partial charge in [-0.2, -0.15) is 5.26 Å². The molecular formula is C18H17F2N3. The fourth-order valence-corrected chi connectivity index (χ4v) is 2.80. The van der Waals surface area contributed by atoms with Crippen molar-refractivity contribution in [3.8, 4) is 6.07 Å². The van der Waals surface area contributed by atoms with Crippen LogP contribution in [-0.4, -0.2) is 31.1 Å². The molecule has 1 fully saturated rings. The lowest BCUT2D eigenvalue weighted by Gasteiger charge is -2.36. The molecule has 0 atom stereocenters. The summed E-state index contributed by atoms with van der Waals surface area (Å²) < 4.78 is 26.9.